The molecule has 0 bridgehead atoms. The lowest BCUT2D eigenvalue weighted by molar-refractivity contribution is 0.403. The van der Waals surface area contributed by atoms with Gasteiger partial charge >= 0.3 is 0 Å². The summed E-state index contributed by atoms with van der Waals surface area (Å²) in [7, 11) is -3.29. The molecule has 2 saturated carbocycles. The largest absolute Gasteiger partial charge is 0.309 e. The van der Waals surface area contributed by atoms with Crippen molar-refractivity contribution in [1.82, 2.24) is 9.62 Å². The zero-order valence-electron chi connectivity index (χ0n) is 11.8. The quantitative estimate of drug-likeness (QED) is 0.802. The molecule has 6 heteroatoms. The maximum atomic E-state index is 12.7. The predicted molar refractivity (Wildman–Crippen MR) is 81.4 cm³/mol. The van der Waals surface area contributed by atoms with Gasteiger partial charge in [-0.3, -0.25) is 0 Å². The molecular formula is C14H22N2O2S2. The van der Waals surface area contributed by atoms with Crippen molar-refractivity contribution in [2.75, 3.05) is 6.54 Å². The molecule has 0 spiro atoms. The van der Waals surface area contributed by atoms with E-state index in [9.17, 15) is 8.42 Å². The van der Waals surface area contributed by atoms with Crippen molar-refractivity contribution in [1.29, 1.82) is 0 Å². The maximum Gasteiger partial charge on any atom is 0.244 e. The molecule has 0 saturated heterocycles. The molecule has 0 aromatic carbocycles. The van der Waals surface area contributed by atoms with Crippen molar-refractivity contribution in [3.8, 4) is 0 Å². The van der Waals surface area contributed by atoms with Crippen LogP contribution in [0.2, 0.25) is 0 Å². The Labute approximate surface area is 125 Å². The predicted octanol–water partition coefficient (Wildman–Crippen LogP) is 2.56. The van der Waals surface area contributed by atoms with Gasteiger partial charge in [-0.15, -0.1) is 11.3 Å². The van der Waals surface area contributed by atoms with Crippen LogP contribution in [-0.4, -0.2) is 31.4 Å². The summed E-state index contributed by atoms with van der Waals surface area (Å²) in [5.74, 6) is 0. The molecule has 1 aromatic rings. The standard InChI is InChI=1S/C14H22N2O2S2/c1-2-7-16(12-5-6-12)20(17,18)14-8-13(19-10-14)9-15-11-3-4-11/h8,10-12,15H,2-7,9H2,1H3. The number of hydrogen-bond acceptors (Lipinski definition) is 4. The molecule has 0 atom stereocenters. The van der Waals surface area contributed by atoms with E-state index in [1.807, 2.05) is 13.0 Å². The maximum absolute atomic E-state index is 12.7. The van der Waals surface area contributed by atoms with E-state index in [4.69, 9.17) is 0 Å². The number of nitrogens with one attached hydrogen (secondary N) is 1. The van der Waals surface area contributed by atoms with Crippen LogP contribution in [0.4, 0.5) is 0 Å². The third kappa shape index (κ3) is 3.24. The van der Waals surface area contributed by atoms with Crippen LogP contribution in [-0.2, 0) is 16.6 Å². The Morgan fingerprint density at radius 3 is 2.70 bits per heavy atom. The minimum Gasteiger partial charge on any atom is -0.309 e. The van der Waals surface area contributed by atoms with E-state index in [1.165, 1.54) is 12.8 Å². The van der Waals surface area contributed by atoms with Gasteiger partial charge in [-0.2, -0.15) is 4.31 Å². The molecule has 112 valence electrons. The Morgan fingerprint density at radius 1 is 1.35 bits per heavy atom. The first kappa shape index (κ1) is 14.5. The van der Waals surface area contributed by atoms with Gasteiger partial charge in [0, 0.05) is 35.4 Å². The van der Waals surface area contributed by atoms with Gasteiger partial charge in [-0.05, 0) is 38.2 Å². The Kier molecular flexibility index (Phi) is 4.17. The summed E-state index contributed by atoms with van der Waals surface area (Å²) in [4.78, 5) is 1.60. The number of thiophene rings is 1. The van der Waals surface area contributed by atoms with Crippen LogP contribution in [0.1, 0.15) is 43.9 Å². The lowest BCUT2D eigenvalue weighted by Crippen LogP contribution is -2.33. The van der Waals surface area contributed by atoms with Gasteiger partial charge in [0.15, 0.2) is 0 Å². The molecule has 1 N–H and O–H groups in total. The first-order valence-electron chi connectivity index (χ1n) is 7.44. The molecule has 1 heterocycles. The average Bonchev–Trinajstić information content (AvgIpc) is 3.33. The third-order valence-corrected chi connectivity index (χ3v) is 6.79. The number of nitrogens with zero attached hydrogens (tertiary/aromatic N) is 1. The summed E-state index contributed by atoms with van der Waals surface area (Å²) in [6, 6.07) is 2.74. The van der Waals surface area contributed by atoms with Crippen LogP contribution < -0.4 is 5.32 Å². The first-order chi connectivity index (χ1) is 9.61. The van der Waals surface area contributed by atoms with Crippen molar-refractivity contribution in [2.45, 2.75) is 62.6 Å². The molecule has 2 aliphatic rings. The van der Waals surface area contributed by atoms with E-state index >= 15 is 0 Å². The Balaban J connectivity index is 1.71. The van der Waals surface area contributed by atoms with Crippen LogP contribution >= 0.6 is 11.3 Å². The van der Waals surface area contributed by atoms with E-state index in [2.05, 4.69) is 5.32 Å². The summed E-state index contributed by atoms with van der Waals surface area (Å²) < 4.78 is 27.1. The number of sulfonamides is 1. The molecule has 0 aliphatic heterocycles. The molecule has 1 aromatic heterocycles. The van der Waals surface area contributed by atoms with Crippen LogP contribution in [0.15, 0.2) is 16.3 Å². The highest BCUT2D eigenvalue weighted by Gasteiger charge is 2.37. The lowest BCUT2D eigenvalue weighted by atomic mass is 10.4. The third-order valence-electron chi connectivity index (χ3n) is 3.78. The average molecular weight is 314 g/mol. The topological polar surface area (TPSA) is 49.4 Å². The van der Waals surface area contributed by atoms with E-state index in [0.717, 1.165) is 30.7 Å². The van der Waals surface area contributed by atoms with Gasteiger partial charge in [0.2, 0.25) is 10.0 Å². The lowest BCUT2D eigenvalue weighted by Gasteiger charge is -2.20. The second kappa shape index (κ2) is 5.75. The highest BCUT2D eigenvalue weighted by Crippen LogP contribution is 2.33. The van der Waals surface area contributed by atoms with Crippen molar-refractivity contribution in [3.05, 3.63) is 16.3 Å². The van der Waals surface area contributed by atoms with Crippen LogP contribution in [0.3, 0.4) is 0 Å². The minimum atomic E-state index is -3.29. The first-order valence-corrected chi connectivity index (χ1v) is 9.76. The fourth-order valence-corrected chi connectivity index (χ4v) is 5.33. The van der Waals surface area contributed by atoms with Gasteiger partial charge in [0.05, 0.1) is 4.90 Å². The van der Waals surface area contributed by atoms with Crippen LogP contribution in [0, 0.1) is 0 Å². The highest BCUT2D eigenvalue weighted by atomic mass is 32.2. The normalized spacial score (nSPS) is 19.7. The molecule has 0 amide bonds. The van der Waals surface area contributed by atoms with Crippen molar-refractivity contribution < 1.29 is 8.42 Å². The van der Waals surface area contributed by atoms with Gasteiger partial charge in [0.1, 0.15) is 0 Å². The molecule has 4 nitrogen and oxygen atoms in total. The molecular weight excluding hydrogens is 292 g/mol. The number of rotatable bonds is 8. The van der Waals surface area contributed by atoms with E-state index in [-0.39, 0.29) is 6.04 Å². The SMILES string of the molecule is CCCN(C1CC1)S(=O)(=O)c1csc(CNC2CC2)c1. The molecule has 0 radical (unpaired) electrons. The Morgan fingerprint density at radius 2 is 2.10 bits per heavy atom. The van der Waals surface area contributed by atoms with Gasteiger partial charge in [0.25, 0.3) is 0 Å². The zero-order valence-corrected chi connectivity index (χ0v) is 13.5. The molecule has 20 heavy (non-hydrogen) atoms. The van der Waals surface area contributed by atoms with E-state index < -0.39 is 10.0 Å². The van der Waals surface area contributed by atoms with Gasteiger partial charge in [-0.25, -0.2) is 8.42 Å². The van der Waals surface area contributed by atoms with E-state index in [0.29, 0.717) is 17.5 Å². The molecule has 0 unspecified atom stereocenters. The molecule has 3 rings (SSSR count). The monoisotopic (exact) mass is 314 g/mol. The highest BCUT2D eigenvalue weighted by molar-refractivity contribution is 7.89. The van der Waals surface area contributed by atoms with Crippen molar-refractivity contribution >= 4 is 21.4 Å². The fraction of sp³-hybridized carbons (Fsp3) is 0.714. The second-order valence-electron chi connectivity index (χ2n) is 5.75. The zero-order chi connectivity index (χ0) is 14.2. The van der Waals surface area contributed by atoms with Crippen LogP contribution in [0.25, 0.3) is 0 Å². The van der Waals surface area contributed by atoms with Crippen LogP contribution in [0.5, 0.6) is 0 Å². The van der Waals surface area contributed by atoms with E-state index in [1.54, 1.807) is 21.0 Å². The van der Waals surface area contributed by atoms with Gasteiger partial charge in [-0.1, -0.05) is 6.92 Å². The Hall–Kier alpha value is -0.430. The summed E-state index contributed by atoms with van der Waals surface area (Å²) >= 11 is 1.55. The summed E-state index contributed by atoms with van der Waals surface area (Å²) in [5, 5.41) is 5.23. The molecule has 2 fully saturated rings. The summed E-state index contributed by atoms with van der Waals surface area (Å²) in [6.07, 6.45) is 5.40. The smallest absolute Gasteiger partial charge is 0.244 e. The summed E-state index contributed by atoms with van der Waals surface area (Å²) in [5.41, 5.74) is 0. The molecule has 2 aliphatic carbocycles. The minimum absolute atomic E-state index is 0.243. The fourth-order valence-electron chi connectivity index (χ4n) is 2.34. The van der Waals surface area contributed by atoms with Gasteiger partial charge < -0.3 is 5.32 Å². The summed E-state index contributed by atoms with van der Waals surface area (Å²) in [6.45, 7) is 3.46. The number of hydrogen-bond donors (Lipinski definition) is 1. The van der Waals surface area contributed by atoms with Crippen molar-refractivity contribution in [2.24, 2.45) is 0 Å². The second-order valence-corrected chi connectivity index (χ2v) is 8.64. The Bertz CT molecular complexity index is 559. The van der Waals surface area contributed by atoms with Crippen molar-refractivity contribution in [3.63, 3.8) is 0 Å².